The number of hydrogen-bond donors (Lipinski definition) is 2. The molecule has 0 heterocycles. The van der Waals surface area contributed by atoms with Crippen molar-refractivity contribution in [3.8, 4) is 0 Å². The molecular weight excluding hydrogens is 330 g/mol. The third kappa shape index (κ3) is 9.04. The van der Waals surface area contributed by atoms with Gasteiger partial charge >= 0.3 is 12.1 Å². The third-order valence-electron chi connectivity index (χ3n) is 3.13. The predicted molar refractivity (Wildman–Crippen MR) is 88.9 cm³/mol. The summed E-state index contributed by atoms with van der Waals surface area (Å²) in [6.07, 6.45) is -1.95. The second-order valence-electron chi connectivity index (χ2n) is 5.20. The van der Waals surface area contributed by atoms with Crippen LogP contribution in [0.4, 0.5) is 4.79 Å². The van der Waals surface area contributed by atoms with Gasteiger partial charge in [-0.15, -0.1) is 0 Å². The van der Waals surface area contributed by atoms with Crippen molar-refractivity contribution >= 4 is 12.1 Å². The van der Waals surface area contributed by atoms with Crippen LogP contribution in [0.3, 0.4) is 0 Å². The first-order valence-corrected chi connectivity index (χ1v) is 7.93. The summed E-state index contributed by atoms with van der Waals surface area (Å²) in [6.45, 7) is 2.46. The van der Waals surface area contributed by atoms with Crippen LogP contribution in [0.2, 0.25) is 0 Å². The van der Waals surface area contributed by atoms with Crippen molar-refractivity contribution in [2.75, 3.05) is 33.5 Å². The molecule has 25 heavy (non-hydrogen) atoms. The van der Waals surface area contributed by atoms with E-state index in [0.29, 0.717) is 13.2 Å². The molecule has 0 radical (unpaired) electrons. The van der Waals surface area contributed by atoms with Crippen LogP contribution < -0.4 is 5.32 Å². The molecule has 0 aromatic heterocycles. The Morgan fingerprint density at radius 1 is 1.08 bits per heavy atom. The lowest BCUT2D eigenvalue weighted by Crippen LogP contribution is -2.48. The lowest BCUT2D eigenvalue weighted by molar-refractivity contribution is -0.150. The smallest absolute Gasteiger partial charge is 0.408 e. The molecule has 0 aliphatic rings. The number of alkyl carbamates (subject to hydrolysis) is 1. The van der Waals surface area contributed by atoms with Crippen molar-refractivity contribution in [1.29, 1.82) is 0 Å². The van der Waals surface area contributed by atoms with E-state index in [1.807, 2.05) is 18.2 Å². The van der Waals surface area contributed by atoms with Gasteiger partial charge < -0.3 is 29.4 Å². The Bertz CT molecular complexity index is 507. The number of carbonyl (C=O) groups is 2. The molecule has 8 heteroatoms. The van der Waals surface area contributed by atoms with Crippen molar-refractivity contribution in [2.24, 2.45) is 0 Å². The van der Waals surface area contributed by atoms with Gasteiger partial charge in [-0.3, -0.25) is 0 Å². The molecule has 0 aliphatic heterocycles. The normalized spacial score (nSPS) is 12.9. The molecule has 1 aromatic rings. The van der Waals surface area contributed by atoms with Crippen molar-refractivity contribution < 1.29 is 33.6 Å². The number of amides is 1. The van der Waals surface area contributed by atoms with E-state index < -0.39 is 24.2 Å². The van der Waals surface area contributed by atoms with E-state index in [1.54, 1.807) is 19.2 Å². The highest BCUT2D eigenvalue weighted by Crippen LogP contribution is 2.02. The Kier molecular flexibility index (Phi) is 10.2. The summed E-state index contributed by atoms with van der Waals surface area (Å²) in [5.41, 5.74) is 0.807. The number of aliphatic hydroxyl groups is 1. The lowest BCUT2D eigenvalue weighted by atomic mass is 10.2. The van der Waals surface area contributed by atoms with E-state index in [0.717, 1.165) is 5.56 Å². The molecule has 140 valence electrons. The largest absolute Gasteiger partial charge is 0.462 e. The van der Waals surface area contributed by atoms with Crippen LogP contribution in [0.5, 0.6) is 0 Å². The molecule has 2 N–H and O–H groups in total. The first kappa shape index (κ1) is 20.9. The quantitative estimate of drug-likeness (QED) is 0.448. The summed E-state index contributed by atoms with van der Waals surface area (Å²) in [5, 5.41) is 12.0. The molecule has 1 amide bonds. The van der Waals surface area contributed by atoms with E-state index in [1.165, 1.54) is 6.92 Å². The number of rotatable bonds is 11. The topological polar surface area (TPSA) is 103 Å². The van der Waals surface area contributed by atoms with Crippen LogP contribution >= 0.6 is 0 Å². The van der Waals surface area contributed by atoms with E-state index in [9.17, 15) is 14.7 Å². The minimum Gasteiger partial charge on any atom is -0.462 e. The molecule has 1 aromatic carbocycles. The second-order valence-corrected chi connectivity index (χ2v) is 5.20. The second kappa shape index (κ2) is 12.2. The van der Waals surface area contributed by atoms with Gasteiger partial charge in [0.05, 0.1) is 25.9 Å². The molecule has 2 atom stereocenters. The van der Waals surface area contributed by atoms with Gasteiger partial charge in [-0.1, -0.05) is 30.3 Å². The van der Waals surface area contributed by atoms with Gasteiger partial charge in [-0.05, 0) is 12.5 Å². The van der Waals surface area contributed by atoms with Gasteiger partial charge in [0.1, 0.15) is 13.2 Å². The maximum absolute atomic E-state index is 12.0. The summed E-state index contributed by atoms with van der Waals surface area (Å²) in [5.74, 6) is -0.762. The van der Waals surface area contributed by atoms with E-state index in [2.05, 4.69) is 5.32 Å². The summed E-state index contributed by atoms with van der Waals surface area (Å²) in [7, 11) is 1.55. The summed E-state index contributed by atoms with van der Waals surface area (Å²) >= 11 is 0. The van der Waals surface area contributed by atoms with Crippen LogP contribution in [0.15, 0.2) is 30.3 Å². The minimum absolute atomic E-state index is 0.00646. The van der Waals surface area contributed by atoms with E-state index in [4.69, 9.17) is 18.9 Å². The number of carbonyl (C=O) groups excluding carboxylic acids is 2. The Morgan fingerprint density at radius 2 is 1.76 bits per heavy atom. The molecule has 0 fully saturated rings. The zero-order chi connectivity index (χ0) is 18.5. The lowest BCUT2D eigenvalue weighted by Gasteiger charge is -2.19. The number of ether oxygens (including phenoxy) is 4. The minimum atomic E-state index is -1.22. The molecule has 0 saturated carbocycles. The first-order chi connectivity index (χ1) is 12.0. The van der Waals surface area contributed by atoms with Crippen molar-refractivity contribution in [1.82, 2.24) is 5.32 Å². The maximum atomic E-state index is 12.0. The van der Waals surface area contributed by atoms with Gasteiger partial charge in [-0.2, -0.15) is 0 Å². The summed E-state index contributed by atoms with van der Waals surface area (Å²) in [6, 6.07) is 7.88. The third-order valence-corrected chi connectivity index (χ3v) is 3.13. The number of hydrogen-bond acceptors (Lipinski definition) is 7. The number of esters is 1. The number of aliphatic hydroxyl groups excluding tert-OH is 1. The molecular formula is C17H25NO7. The number of methoxy groups -OCH3 is 1. The van der Waals surface area contributed by atoms with Crippen LogP contribution in [-0.4, -0.2) is 62.9 Å². The Balaban J connectivity index is 2.34. The van der Waals surface area contributed by atoms with E-state index in [-0.39, 0.29) is 19.8 Å². The van der Waals surface area contributed by atoms with Gasteiger partial charge in [0, 0.05) is 7.11 Å². The fourth-order valence-electron chi connectivity index (χ4n) is 1.80. The fourth-order valence-corrected chi connectivity index (χ4v) is 1.80. The Labute approximate surface area is 147 Å². The first-order valence-electron chi connectivity index (χ1n) is 7.93. The highest BCUT2D eigenvalue weighted by Gasteiger charge is 2.27. The average Bonchev–Trinajstić information content (AvgIpc) is 2.61. The highest BCUT2D eigenvalue weighted by molar-refractivity contribution is 5.81. The molecule has 0 spiro atoms. The number of benzene rings is 1. The maximum Gasteiger partial charge on any atom is 0.408 e. The zero-order valence-electron chi connectivity index (χ0n) is 14.5. The zero-order valence-corrected chi connectivity index (χ0v) is 14.5. The molecule has 0 bridgehead atoms. The SMILES string of the molecule is COCCOCCOC(=O)[C@@H](NC(=O)OCc1ccccc1)[C@@H](C)O. The van der Waals surface area contributed by atoms with Gasteiger partial charge in [0.15, 0.2) is 6.04 Å². The van der Waals surface area contributed by atoms with Crippen LogP contribution in [0.1, 0.15) is 12.5 Å². The van der Waals surface area contributed by atoms with Gasteiger partial charge in [0.2, 0.25) is 0 Å². The molecule has 1 rings (SSSR count). The van der Waals surface area contributed by atoms with E-state index >= 15 is 0 Å². The molecule has 0 unspecified atom stereocenters. The standard InChI is InChI=1S/C17H25NO7/c1-13(19)15(16(20)24-11-10-23-9-8-22-2)18-17(21)25-12-14-6-4-3-5-7-14/h3-7,13,15,19H,8-12H2,1-2H3,(H,18,21)/t13-,15+/m1/s1. The Hall–Kier alpha value is -2.16. The highest BCUT2D eigenvalue weighted by atomic mass is 16.6. The summed E-state index contributed by atoms with van der Waals surface area (Å²) in [4.78, 5) is 23.7. The molecule has 8 nitrogen and oxygen atoms in total. The molecule has 0 aliphatic carbocycles. The average molecular weight is 355 g/mol. The fraction of sp³-hybridized carbons (Fsp3) is 0.529. The van der Waals surface area contributed by atoms with Crippen molar-refractivity contribution in [3.63, 3.8) is 0 Å². The predicted octanol–water partition coefficient (Wildman–Crippen LogP) is 0.868. The molecule has 0 saturated heterocycles. The number of nitrogens with one attached hydrogen (secondary N) is 1. The van der Waals surface area contributed by atoms with Crippen LogP contribution in [-0.2, 0) is 30.3 Å². The van der Waals surface area contributed by atoms with Crippen molar-refractivity contribution in [2.45, 2.75) is 25.7 Å². The van der Waals surface area contributed by atoms with Crippen molar-refractivity contribution in [3.05, 3.63) is 35.9 Å². The Morgan fingerprint density at radius 3 is 2.40 bits per heavy atom. The summed E-state index contributed by atoms with van der Waals surface area (Å²) < 4.78 is 20.0. The van der Waals surface area contributed by atoms with Gasteiger partial charge in [0.25, 0.3) is 0 Å². The van der Waals surface area contributed by atoms with Crippen LogP contribution in [0.25, 0.3) is 0 Å². The van der Waals surface area contributed by atoms with Gasteiger partial charge in [-0.25, -0.2) is 9.59 Å². The van der Waals surface area contributed by atoms with Crippen LogP contribution in [0, 0.1) is 0 Å². The monoisotopic (exact) mass is 355 g/mol.